The highest BCUT2D eigenvalue weighted by Crippen LogP contribution is 2.26. The highest BCUT2D eigenvalue weighted by molar-refractivity contribution is 5.88. The van der Waals surface area contributed by atoms with Crippen LogP contribution < -0.4 is 5.73 Å². The lowest BCUT2D eigenvalue weighted by molar-refractivity contribution is 1.43. The summed E-state index contributed by atoms with van der Waals surface area (Å²) >= 11 is 0. The number of hydrogen-bond donors (Lipinski definition) is 2. The number of nitrogens with one attached hydrogen (secondary N) is 1. The minimum Gasteiger partial charge on any atom is -0.399 e. The molecule has 0 aliphatic carbocycles. The summed E-state index contributed by atoms with van der Waals surface area (Å²) in [6.45, 7) is 2.11. The van der Waals surface area contributed by atoms with Gasteiger partial charge in [-0.1, -0.05) is 18.2 Å². The molecule has 2 aromatic carbocycles. The Kier molecular flexibility index (Phi) is 2.15. The van der Waals surface area contributed by atoms with Crippen LogP contribution in [-0.2, 0) is 0 Å². The molecule has 0 bridgehead atoms. The number of hydrogen-bond acceptors (Lipinski definition) is 1. The number of nitrogen functional groups attached to an aromatic ring is 1. The maximum Gasteiger partial charge on any atom is 0.0457 e. The second kappa shape index (κ2) is 3.67. The number of H-pyrrole nitrogens is 1. The summed E-state index contributed by atoms with van der Waals surface area (Å²) in [5, 5.41) is 1.27. The maximum absolute atomic E-state index is 5.81. The molecule has 0 atom stereocenters. The molecule has 0 aliphatic heterocycles. The Labute approximate surface area is 100 Å². The molecule has 3 aromatic rings. The first-order chi connectivity index (χ1) is 8.24. The lowest BCUT2D eigenvalue weighted by Crippen LogP contribution is -1.85. The third kappa shape index (κ3) is 1.68. The summed E-state index contributed by atoms with van der Waals surface area (Å²) in [5.74, 6) is 0. The predicted octanol–water partition coefficient (Wildman–Crippen LogP) is 3.73. The highest BCUT2D eigenvalue weighted by Gasteiger charge is 2.03. The quantitative estimate of drug-likeness (QED) is 0.605. The van der Waals surface area contributed by atoms with Crippen LogP contribution in [0.4, 0.5) is 5.69 Å². The van der Waals surface area contributed by atoms with Gasteiger partial charge in [0.25, 0.3) is 0 Å². The number of aryl methyl sites for hydroxylation is 1. The van der Waals surface area contributed by atoms with E-state index in [0.717, 1.165) is 11.3 Å². The molecular weight excluding hydrogens is 208 g/mol. The van der Waals surface area contributed by atoms with Crippen molar-refractivity contribution >= 4 is 16.6 Å². The van der Waals surface area contributed by atoms with Crippen molar-refractivity contribution < 1.29 is 0 Å². The SMILES string of the molecule is Cc1c[nH]c2ccc(-c3cccc(N)c3)cc12. The standard InChI is InChI=1S/C15H14N2/c1-10-9-17-15-6-5-12(8-14(10)15)11-3-2-4-13(16)7-11/h2-9,17H,16H2,1H3. The molecule has 2 heteroatoms. The summed E-state index contributed by atoms with van der Waals surface area (Å²) in [6.07, 6.45) is 2.04. The summed E-state index contributed by atoms with van der Waals surface area (Å²) in [4.78, 5) is 3.25. The molecular formula is C15H14N2. The molecule has 0 saturated heterocycles. The van der Waals surface area contributed by atoms with Crippen LogP contribution in [0.5, 0.6) is 0 Å². The zero-order valence-electron chi connectivity index (χ0n) is 9.70. The van der Waals surface area contributed by atoms with Crippen molar-refractivity contribution in [2.75, 3.05) is 5.73 Å². The van der Waals surface area contributed by atoms with E-state index in [-0.39, 0.29) is 0 Å². The minimum atomic E-state index is 0.799. The van der Waals surface area contributed by atoms with E-state index < -0.39 is 0 Å². The van der Waals surface area contributed by atoms with Crippen LogP contribution in [0, 0.1) is 6.92 Å². The molecule has 0 unspecified atom stereocenters. The number of nitrogens with two attached hydrogens (primary N) is 1. The molecule has 1 aromatic heterocycles. The topological polar surface area (TPSA) is 41.8 Å². The Morgan fingerprint density at radius 1 is 1.00 bits per heavy atom. The van der Waals surface area contributed by atoms with E-state index in [1.807, 2.05) is 24.4 Å². The van der Waals surface area contributed by atoms with Crippen LogP contribution >= 0.6 is 0 Å². The molecule has 0 amide bonds. The fourth-order valence-electron chi connectivity index (χ4n) is 2.16. The Morgan fingerprint density at radius 3 is 2.65 bits per heavy atom. The monoisotopic (exact) mass is 222 g/mol. The van der Waals surface area contributed by atoms with Gasteiger partial charge in [-0.2, -0.15) is 0 Å². The smallest absolute Gasteiger partial charge is 0.0457 e. The lowest BCUT2D eigenvalue weighted by Gasteiger charge is -2.03. The van der Waals surface area contributed by atoms with E-state index in [4.69, 9.17) is 5.73 Å². The molecule has 2 nitrogen and oxygen atoms in total. The van der Waals surface area contributed by atoms with Crippen molar-refractivity contribution in [3.63, 3.8) is 0 Å². The minimum absolute atomic E-state index is 0.799. The number of aromatic nitrogens is 1. The van der Waals surface area contributed by atoms with Crippen LogP contribution in [0.1, 0.15) is 5.56 Å². The maximum atomic E-state index is 5.81. The van der Waals surface area contributed by atoms with Crippen molar-refractivity contribution in [2.24, 2.45) is 0 Å². The van der Waals surface area contributed by atoms with Gasteiger partial charge in [-0.3, -0.25) is 0 Å². The number of aromatic amines is 1. The van der Waals surface area contributed by atoms with E-state index in [0.29, 0.717) is 0 Å². The first kappa shape index (κ1) is 9.97. The normalized spacial score (nSPS) is 10.9. The molecule has 0 spiro atoms. The van der Waals surface area contributed by atoms with Gasteiger partial charge >= 0.3 is 0 Å². The average molecular weight is 222 g/mol. The fourth-order valence-corrected chi connectivity index (χ4v) is 2.16. The second-order valence-corrected chi connectivity index (χ2v) is 4.36. The van der Waals surface area contributed by atoms with Gasteiger partial charge in [-0.15, -0.1) is 0 Å². The molecule has 0 radical (unpaired) electrons. The zero-order valence-corrected chi connectivity index (χ0v) is 9.70. The fraction of sp³-hybridized carbons (Fsp3) is 0.0667. The molecule has 3 rings (SSSR count). The van der Waals surface area contributed by atoms with Crippen LogP contribution in [0.3, 0.4) is 0 Å². The van der Waals surface area contributed by atoms with Crippen LogP contribution in [0.15, 0.2) is 48.7 Å². The van der Waals surface area contributed by atoms with E-state index in [2.05, 4.69) is 36.2 Å². The largest absolute Gasteiger partial charge is 0.399 e. The third-order valence-electron chi connectivity index (χ3n) is 3.11. The molecule has 84 valence electrons. The van der Waals surface area contributed by atoms with Crippen molar-refractivity contribution in [2.45, 2.75) is 6.92 Å². The molecule has 1 heterocycles. The Balaban J connectivity index is 2.20. The number of fused-ring (bicyclic) bond motifs is 1. The van der Waals surface area contributed by atoms with Crippen LogP contribution in [-0.4, -0.2) is 4.98 Å². The van der Waals surface area contributed by atoms with Gasteiger partial charge in [0.05, 0.1) is 0 Å². The van der Waals surface area contributed by atoms with Crippen LogP contribution in [0.2, 0.25) is 0 Å². The van der Waals surface area contributed by atoms with E-state index in [9.17, 15) is 0 Å². The van der Waals surface area contributed by atoms with Gasteiger partial charge in [0.2, 0.25) is 0 Å². The van der Waals surface area contributed by atoms with Crippen molar-refractivity contribution in [3.8, 4) is 11.1 Å². The number of benzene rings is 2. The average Bonchev–Trinajstić information content (AvgIpc) is 2.71. The van der Waals surface area contributed by atoms with Gasteiger partial charge in [0.15, 0.2) is 0 Å². The highest BCUT2D eigenvalue weighted by atomic mass is 14.7. The van der Waals surface area contributed by atoms with Gasteiger partial charge in [-0.25, -0.2) is 0 Å². The molecule has 0 fully saturated rings. The summed E-state index contributed by atoms with van der Waals surface area (Å²) < 4.78 is 0. The lowest BCUT2D eigenvalue weighted by atomic mass is 10.0. The van der Waals surface area contributed by atoms with Crippen molar-refractivity contribution in [3.05, 3.63) is 54.2 Å². The van der Waals surface area contributed by atoms with Gasteiger partial charge in [0, 0.05) is 22.8 Å². The van der Waals surface area contributed by atoms with E-state index >= 15 is 0 Å². The molecule has 0 saturated carbocycles. The zero-order chi connectivity index (χ0) is 11.8. The third-order valence-corrected chi connectivity index (χ3v) is 3.11. The molecule has 17 heavy (non-hydrogen) atoms. The van der Waals surface area contributed by atoms with Crippen LogP contribution in [0.25, 0.3) is 22.0 Å². The molecule has 0 aliphatic rings. The van der Waals surface area contributed by atoms with Gasteiger partial charge < -0.3 is 10.7 Å². The summed E-state index contributed by atoms with van der Waals surface area (Å²) in [6, 6.07) is 14.4. The van der Waals surface area contributed by atoms with E-state index in [1.165, 1.54) is 22.0 Å². The first-order valence-corrected chi connectivity index (χ1v) is 5.68. The first-order valence-electron chi connectivity index (χ1n) is 5.68. The number of rotatable bonds is 1. The Hall–Kier alpha value is -2.22. The van der Waals surface area contributed by atoms with Crippen molar-refractivity contribution in [1.29, 1.82) is 0 Å². The number of anilines is 1. The Morgan fingerprint density at radius 2 is 1.82 bits per heavy atom. The molecule has 3 N–H and O–H groups in total. The Bertz CT molecular complexity index is 680. The van der Waals surface area contributed by atoms with E-state index in [1.54, 1.807) is 0 Å². The van der Waals surface area contributed by atoms with Gasteiger partial charge in [-0.05, 0) is 47.9 Å². The van der Waals surface area contributed by atoms with Crippen molar-refractivity contribution in [1.82, 2.24) is 4.98 Å². The summed E-state index contributed by atoms with van der Waals surface area (Å²) in [5.41, 5.74) is 11.4. The summed E-state index contributed by atoms with van der Waals surface area (Å²) in [7, 11) is 0. The predicted molar refractivity (Wildman–Crippen MR) is 72.9 cm³/mol. The van der Waals surface area contributed by atoms with Gasteiger partial charge in [0.1, 0.15) is 0 Å². The second-order valence-electron chi connectivity index (χ2n) is 4.36.